The number of hydrogen-bond donors (Lipinski definition) is 3. The van der Waals surface area contributed by atoms with Crippen molar-refractivity contribution in [2.45, 2.75) is 6.54 Å². The third-order valence-electron chi connectivity index (χ3n) is 6.43. The van der Waals surface area contributed by atoms with Crippen LogP contribution in [-0.2, 0) is 11.3 Å². The zero-order valence-corrected chi connectivity index (χ0v) is 19.2. The molecule has 1 aromatic carbocycles. The van der Waals surface area contributed by atoms with Gasteiger partial charge in [-0.1, -0.05) is 18.2 Å². The Labute approximate surface area is 205 Å². The molecule has 1 saturated heterocycles. The number of H-pyrrole nitrogens is 1. The van der Waals surface area contributed by atoms with Gasteiger partial charge in [-0.25, -0.2) is 19.2 Å². The van der Waals surface area contributed by atoms with Gasteiger partial charge in [0.25, 0.3) is 5.91 Å². The fourth-order valence-corrected chi connectivity index (χ4v) is 4.59. The highest BCUT2D eigenvalue weighted by Crippen LogP contribution is 2.32. The van der Waals surface area contributed by atoms with Crippen molar-refractivity contribution in [3.8, 4) is 0 Å². The van der Waals surface area contributed by atoms with E-state index in [1.807, 2.05) is 12.1 Å². The summed E-state index contributed by atoms with van der Waals surface area (Å²) in [7, 11) is 0. The van der Waals surface area contributed by atoms with Crippen LogP contribution in [0.1, 0.15) is 21.6 Å². The van der Waals surface area contributed by atoms with Crippen LogP contribution in [0, 0.1) is 5.82 Å². The number of hydrazine groups is 1. The third-order valence-corrected chi connectivity index (χ3v) is 6.43. The number of anilines is 1. The number of carbonyl (C=O) groups is 1. The van der Waals surface area contributed by atoms with Crippen LogP contribution in [-0.4, -0.2) is 63.8 Å². The van der Waals surface area contributed by atoms with E-state index in [4.69, 9.17) is 4.74 Å². The molecule has 3 N–H and O–H groups in total. The van der Waals surface area contributed by atoms with Gasteiger partial charge in [0, 0.05) is 43.5 Å². The Hall–Kier alpha value is -3.93. The first-order chi connectivity index (χ1) is 17.6. The van der Waals surface area contributed by atoms with Gasteiger partial charge in [-0.05, 0) is 29.8 Å². The molecule has 0 radical (unpaired) electrons. The quantitative estimate of drug-likeness (QED) is 0.505. The van der Waals surface area contributed by atoms with Crippen molar-refractivity contribution in [1.29, 1.82) is 0 Å². The number of aromatic nitrogens is 3. The van der Waals surface area contributed by atoms with Gasteiger partial charge in [0.2, 0.25) is 0 Å². The number of nitrogens with one attached hydrogen (secondary N) is 3. The molecule has 0 bridgehead atoms. The second kappa shape index (κ2) is 9.26. The highest BCUT2D eigenvalue weighted by atomic mass is 19.1. The van der Waals surface area contributed by atoms with Crippen molar-refractivity contribution in [3.63, 3.8) is 0 Å². The summed E-state index contributed by atoms with van der Waals surface area (Å²) < 4.78 is 34.4. The fraction of sp³-hybridized carbons (Fsp3) is 0.240. The van der Waals surface area contributed by atoms with E-state index in [1.165, 1.54) is 24.4 Å². The van der Waals surface area contributed by atoms with Crippen LogP contribution in [0.3, 0.4) is 0 Å². The van der Waals surface area contributed by atoms with Crippen molar-refractivity contribution >= 4 is 28.3 Å². The van der Waals surface area contributed by atoms with Gasteiger partial charge in [0.05, 0.1) is 24.3 Å². The maximum Gasteiger partial charge on any atom is 0.257 e. The molecular weight excluding hydrogens is 468 g/mol. The minimum Gasteiger partial charge on any atom is -0.379 e. The molecule has 0 aliphatic carbocycles. The number of hydrogen-bond acceptors (Lipinski definition) is 7. The first-order valence-corrected chi connectivity index (χ1v) is 11.6. The first kappa shape index (κ1) is 22.5. The number of nitrogens with zero attached hydrogens (tertiary/aromatic N) is 4. The number of carbonyl (C=O) groups excluding carboxylic acids is 1. The molecule has 1 fully saturated rings. The largest absolute Gasteiger partial charge is 0.379 e. The first-order valence-electron chi connectivity index (χ1n) is 11.6. The molecule has 6 rings (SSSR count). The molecule has 184 valence electrons. The highest BCUT2D eigenvalue weighted by molar-refractivity contribution is 6.08. The molecule has 3 aliphatic rings. The lowest BCUT2D eigenvalue weighted by Crippen LogP contribution is -2.36. The number of halogens is 2. The summed E-state index contributed by atoms with van der Waals surface area (Å²) in [6.45, 7) is 3.86. The van der Waals surface area contributed by atoms with Gasteiger partial charge in [0.1, 0.15) is 17.3 Å². The van der Waals surface area contributed by atoms with Gasteiger partial charge < -0.3 is 10.1 Å². The van der Waals surface area contributed by atoms with Crippen LogP contribution < -0.4 is 10.7 Å². The number of ether oxygens (including phenoxy) is 1. The van der Waals surface area contributed by atoms with Gasteiger partial charge in [-0.3, -0.25) is 19.8 Å². The minimum atomic E-state index is -0.596. The van der Waals surface area contributed by atoms with Gasteiger partial charge in [0.15, 0.2) is 11.5 Å². The Morgan fingerprint density at radius 2 is 2.03 bits per heavy atom. The van der Waals surface area contributed by atoms with Crippen LogP contribution in [0.4, 0.5) is 14.6 Å². The van der Waals surface area contributed by atoms with E-state index in [1.54, 1.807) is 17.1 Å². The lowest BCUT2D eigenvalue weighted by Gasteiger charge is -2.27. The van der Waals surface area contributed by atoms with Crippen molar-refractivity contribution in [2.24, 2.45) is 0 Å². The Kier molecular flexibility index (Phi) is 5.80. The fourth-order valence-electron chi connectivity index (χ4n) is 4.59. The molecule has 0 saturated carbocycles. The van der Waals surface area contributed by atoms with E-state index >= 15 is 4.39 Å². The number of morpholine rings is 1. The summed E-state index contributed by atoms with van der Waals surface area (Å²) in [6.07, 6.45) is 4.18. The molecule has 36 heavy (non-hydrogen) atoms. The predicted octanol–water partition coefficient (Wildman–Crippen LogP) is 3.09. The monoisotopic (exact) mass is 491 g/mol. The van der Waals surface area contributed by atoms with E-state index in [0.29, 0.717) is 47.6 Å². The summed E-state index contributed by atoms with van der Waals surface area (Å²) in [6, 6.07) is 8.67. The zero-order valence-electron chi connectivity index (χ0n) is 19.2. The third kappa shape index (κ3) is 4.17. The van der Waals surface area contributed by atoms with Crippen molar-refractivity contribution in [3.05, 3.63) is 82.8 Å². The molecule has 3 aliphatic heterocycles. The van der Waals surface area contributed by atoms with Crippen LogP contribution in [0.2, 0.25) is 0 Å². The number of fused-ring (bicyclic) bond motifs is 2. The molecule has 9 nitrogen and oxygen atoms in total. The number of amides is 1. The lowest BCUT2D eigenvalue weighted by atomic mass is 10.1. The molecule has 0 unspecified atom stereocenters. The van der Waals surface area contributed by atoms with Crippen LogP contribution >= 0.6 is 0 Å². The summed E-state index contributed by atoms with van der Waals surface area (Å²) >= 11 is 0. The maximum atomic E-state index is 15.2. The Morgan fingerprint density at radius 3 is 2.89 bits per heavy atom. The molecule has 1 amide bonds. The smallest absolute Gasteiger partial charge is 0.257 e. The molecule has 2 aromatic heterocycles. The number of aromatic amines is 1. The SMILES string of the molecule is O=C(Nc1n[nH]c2nc(C3=C4C=C(F)C=CN4NC3)c(F)cc12)c1ccccc1CN1CCOCC1. The number of pyridine rings is 1. The van der Waals surface area contributed by atoms with Gasteiger partial charge >= 0.3 is 0 Å². The highest BCUT2D eigenvalue weighted by Gasteiger charge is 2.27. The van der Waals surface area contributed by atoms with E-state index in [2.05, 4.69) is 30.8 Å². The molecular formula is C25H23F2N7O2. The van der Waals surface area contributed by atoms with E-state index in [-0.39, 0.29) is 24.0 Å². The average molecular weight is 492 g/mol. The molecule has 0 spiro atoms. The number of rotatable bonds is 5. The normalized spacial score (nSPS) is 18.1. The molecule has 0 atom stereocenters. The van der Waals surface area contributed by atoms with Gasteiger partial charge in [-0.2, -0.15) is 5.10 Å². The molecule has 11 heteroatoms. The standard InChI is InChI=1S/C25H23F2N7O2/c26-16-5-6-34-21(11-16)19(13-28-34)22-20(27)12-18-23(29-22)31-32-24(18)30-25(35)17-4-2-1-3-15(17)14-33-7-9-36-10-8-33/h1-6,11-12,28H,7-10,13-14H2,(H2,29,30,31,32,35). The second-order valence-electron chi connectivity index (χ2n) is 8.70. The number of benzene rings is 1. The zero-order chi connectivity index (χ0) is 24.6. The van der Waals surface area contributed by atoms with Crippen LogP contribution in [0.5, 0.6) is 0 Å². The Balaban J connectivity index is 1.27. The number of allylic oxidation sites excluding steroid dienone is 3. The van der Waals surface area contributed by atoms with E-state index < -0.39 is 11.6 Å². The summed E-state index contributed by atoms with van der Waals surface area (Å²) in [5, 5.41) is 11.7. The van der Waals surface area contributed by atoms with Crippen LogP contribution in [0.25, 0.3) is 16.6 Å². The predicted molar refractivity (Wildman–Crippen MR) is 129 cm³/mol. The van der Waals surface area contributed by atoms with Crippen molar-refractivity contribution < 1.29 is 18.3 Å². The maximum absolute atomic E-state index is 15.2. The van der Waals surface area contributed by atoms with Gasteiger partial charge in [-0.15, -0.1) is 0 Å². The van der Waals surface area contributed by atoms with Crippen molar-refractivity contribution in [2.75, 3.05) is 38.2 Å². The minimum absolute atomic E-state index is 0.0873. The lowest BCUT2D eigenvalue weighted by molar-refractivity contribution is 0.0341. The van der Waals surface area contributed by atoms with Crippen molar-refractivity contribution in [1.82, 2.24) is 30.5 Å². The summed E-state index contributed by atoms with van der Waals surface area (Å²) in [5.74, 6) is -1.18. The van der Waals surface area contributed by atoms with Crippen LogP contribution in [0.15, 0.2) is 60.2 Å². The second-order valence-corrected chi connectivity index (χ2v) is 8.70. The Bertz CT molecular complexity index is 1440. The summed E-state index contributed by atoms with van der Waals surface area (Å²) in [5.41, 5.74) is 5.86. The molecule has 3 aromatic rings. The molecule has 5 heterocycles. The topological polar surface area (TPSA) is 98.4 Å². The average Bonchev–Trinajstić information content (AvgIpc) is 3.48. The van der Waals surface area contributed by atoms with E-state index in [0.717, 1.165) is 18.7 Å². The Morgan fingerprint density at radius 1 is 1.19 bits per heavy atom. The van der Waals surface area contributed by atoms with E-state index in [9.17, 15) is 9.18 Å². The summed E-state index contributed by atoms with van der Waals surface area (Å²) in [4.78, 5) is 19.8.